The first-order valence-corrected chi connectivity index (χ1v) is 7.95. The van der Waals surface area contributed by atoms with E-state index in [1.165, 1.54) is 0 Å². The molecule has 2 rings (SSSR count). The summed E-state index contributed by atoms with van der Waals surface area (Å²) in [5.41, 5.74) is 0.717. The highest BCUT2D eigenvalue weighted by Gasteiger charge is 2.30. The van der Waals surface area contributed by atoms with Crippen LogP contribution in [0.5, 0.6) is 5.75 Å². The molecule has 4 nitrogen and oxygen atoms in total. The number of phenolic OH excluding ortho intramolecular Hbond substituents is 1. The molecule has 0 aromatic heterocycles. The number of phenols is 1. The molecule has 1 aliphatic heterocycles. The van der Waals surface area contributed by atoms with Gasteiger partial charge in [0.15, 0.2) is 9.84 Å². The number of hydrogen-bond acceptors (Lipinski definition) is 4. The number of aromatic hydroxyl groups is 1. The van der Waals surface area contributed by atoms with Crippen LogP contribution in [0.3, 0.4) is 0 Å². The lowest BCUT2D eigenvalue weighted by molar-refractivity contribution is 0.250. The zero-order chi connectivity index (χ0) is 13.3. The predicted molar refractivity (Wildman–Crippen MR) is 71.6 cm³/mol. The predicted octanol–water partition coefficient (Wildman–Crippen LogP) is 1.66. The summed E-state index contributed by atoms with van der Waals surface area (Å²) >= 11 is 5.88. The van der Waals surface area contributed by atoms with Gasteiger partial charge in [-0.1, -0.05) is 11.6 Å². The van der Waals surface area contributed by atoms with Gasteiger partial charge in [-0.05, 0) is 31.7 Å². The molecule has 1 N–H and O–H groups in total. The van der Waals surface area contributed by atoms with E-state index in [1.54, 1.807) is 18.2 Å². The first kappa shape index (κ1) is 13.6. The fourth-order valence-electron chi connectivity index (χ4n) is 2.20. The van der Waals surface area contributed by atoms with Crippen molar-refractivity contribution in [2.75, 3.05) is 18.6 Å². The zero-order valence-corrected chi connectivity index (χ0v) is 11.7. The Morgan fingerprint density at radius 3 is 2.83 bits per heavy atom. The zero-order valence-electron chi connectivity index (χ0n) is 10.1. The second kappa shape index (κ2) is 5.07. The van der Waals surface area contributed by atoms with E-state index in [4.69, 9.17) is 11.6 Å². The number of hydrogen-bond donors (Lipinski definition) is 1. The summed E-state index contributed by atoms with van der Waals surface area (Å²) in [5, 5.41) is 10.3. The molecule has 1 atom stereocenters. The molecule has 1 heterocycles. The molecule has 1 aromatic carbocycles. The Balaban J connectivity index is 2.08. The summed E-state index contributed by atoms with van der Waals surface area (Å²) in [5.74, 6) is 0.640. The van der Waals surface area contributed by atoms with Crippen molar-refractivity contribution in [1.29, 1.82) is 0 Å². The summed E-state index contributed by atoms with van der Waals surface area (Å²) in [6.07, 6.45) is 0.653. The summed E-state index contributed by atoms with van der Waals surface area (Å²) in [4.78, 5) is 1.95. The third kappa shape index (κ3) is 3.16. The monoisotopic (exact) mass is 289 g/mol. The molecule has 18 heavy (non-hydrogen) atoms. The molecule has 0 amide bonds. The van der Waals surface area contributed by atoms with Crippen LogP contribution >= 0.6 is 11.6 Å². The number of benzene rings is 1. The third-order valence-corrected chi connectivity index (χ3v) is 5.28. The Bertz CT molecular complexity index is 544. The molecule has 0 spiro atoms. The molecule has 0 bridgehead atoms. The number of sulfone groups is 1. The van der Waals surface area contributed by atoms with E-state index in [9.17, 15) is 13.5 Å². The molecule has 1 saturated heterocycles. The fraction of sp³-hybridized carbons (Fsp3) is 0.500. The van der Waals surface area contributed by atoms with Gasteiger partial charge in [-0.25, -0.2) is 8.42 Å². The van der Waals surface area contributed by atoms with E-state index < -0.39 is 9.84 Å². The minimum atomic E-state index is -2.88. The van der Waals surface area contributed by atoms with Crippen LogP contribution in [0.15, 0.2) is 18.2 Å². The van der Waals surface area contributed by atoms with E-state index in [1.807, 2.05) is 11.9 Å². The topological polar surface area (TPSA) is 57.6 Å². The summed E-state index contributed by atoms with van der Waals surface area (Å²) in [7, 11) is -1.01. The molecule has 0 saturated carbocycles. The normalized spacial score (nSPS) is 22.5. The average Bonchev–Trinajstić information content (AvgIpc) is 2.64. The van der Waals surface area contributed by atoms with E-state index in [2.05, 4.69) is 0 Å². The van der Waals surface area contributed by atoms with E-state index in [0.717, 1.165) is 0 Å². The van der Waals surface area contributed by atoms with Crippen molar-refractivity contribution in [1.82, 2.24) is 4.90 Å². The minimum absolute atomic E-state index is 0.0216. The van der Waals surface area contributed by atoms with Gasteiger partial charge in [-0.2, -0.15) is 0 Å². The average molecular weight is 290 g/mol. The van der Waals surface area contributed by atoms with Crippen LogP contribution in [-0.2, 0) is 16.4 Å². The lowest BCUT2D eigenvalue weighted by Gasteiger charge is -2.23. The van der Waals surface area contributed by atoms with Crippen LogP contribution in [0, 0.1) is 0 Å². The molecule has 1 aromatic rings. The van der Waals surface area contributed by atoms with Gasteiger partial charge in [0, 0.05) is 23.2 Å². The maximum atomic E-state index is 11.4. The quantitative estimate of drug-likeness (QED) is 0.919. The second-order valence-electron chi connectivity index (χ2n) is 4.75. The van der Waals surface area contributed by atoms with Gasteiger partial charge in [0.2, 0.25) is 0 Å². The lowest BCUT2D eigenvalue weighted by atomic mass is 10.1. The van der Waals surface area contributed by atoms with Crippen molar-refractivity contribution in [2.45, 2.75) is 19.0 Å². The Kier molecular flexibility index (Phi) is 3.84. The number of rotatable bonds is 3. The van der Waals surface area contributed by atoms with Crippen molar-refractivity contribution in [2.24, 2.45) is 0 Å². The van der Waals surface area contributed by atoms with Gasteiger partial charge in [-0.15, -0.1) is 0 Å². The molecule has 0 radical (unpaired) electrons. The minimum Gasteiger partial charge on any atom is -0.508 e. The first-order valence-electron chi connectivity index (χ1n) is 5.75. The molecular formula is C12H16ClNO3S. The van der Waals surface area contributed by atoms with Crippen LogP contribution in [0.25, 0.3) is 0 Å². The van der Waals surface area contributed by atoms with Crippen molar-refractivity contribution in [3.63, 3.8) is 0 Å². The Hall–Kier alpha value is -0.780. The molecule has 0 aliphatic carbocycles. The maximum absolute atomic E-state index is 11.4. The van der Waals surface area contributed by atoms with Gasteiger partial charge in [0.1, 0.15) is 5.75 Å². The standard InChI is InChI=1S/C12H16ClNO3S/c1-14(11-4-5-18(16,17)8-11)7-9-6-10(13)2-3-12(9)15/h2-3,6,11,15H,4-5,7-8H2,1H3. The third-order valence-electron chi connectivity index (χ3n) is 3.29. The summed E-state index contributed by atoms with van der Waals surface area (Å²) in [6, 6.07) is 4.90. The SMILES string of the molecule is CN(Cc1cc(Cl)ccc1O)C1CCS(=O)(=O)C1. The van der Waals surface area contributed by atoms with Crippen LogP contribution in [0.4, 0.5) is 0 Å². The summed E-state index contributed by atoms with van der Waals surface area (Å²) in [6.45, 7) is 0.493. The van der Waals surface area contributed by atoms with Crippen LogP contribution in [0.2, 0.25) is 5.02 Å². The van der Waals surface area contributed by atoms with Crippen molar-refractivity contribution >= 4 is 21.4 Å². The van der Waals surface area contributed by atoms with E-state index in [-0.39, 0.29) is 23.3 Å². The fourth-order valence-corrected chi connectivity index (χ4v) is 4.20. The van der Waals surface area contributed by atoms with Gasteiger partial charge in [0.25, 0.3) is 0 Å². The highest BCUT2D eigenvalue weighted by atomic mass is 35.5. The summed E-state index contributed by atoms with van der Waals surface area (Å²) < 4.78 is 22.8. The Morgan fingerprint density at radius 1 is 1.50 bits per heavy atom. The molecule has 6 heteroatoms. The highest BCUT2D eigenvalue weighted by Crippen LogP contribution is 2.25. The Labute approximate surface area is 112 Å². The smallest absolute Gasteiger partial charge is 0.151 e. The van der Waals surface area contributed by atoms with Crippen molar-refractivity contribution < 1.29 is 13.5 Å². The van der Waals surface area contributed by atoms with E-state index in [0.29, 0.717) is 23.6 Å². The first-order chi connectivity index (χ1) is 8.37. The van der Waals surface area contributed by atoms with Gasteiger partial charge in [0.05, 0.1) is 11.5 Å². The molecule has 1 unspecified atom stereocenters. The van der Waals surface area contributed by atoms with Crippen LogP contribution in [-0.4, -0.2) is 43.0 Å². The highest BCUT2D eigenvalue weighted by molar-refractivity contribution is 7.91. The lowest BCUT2D eigenvalue weighted by Crippen LogP contribution is -2.32. The largest absolute Gasteiger partial charge is 0.508 e. The molecular weight excluding hydrogens is 274 g/mol. The van der Waals surface area contributed by atoms with Gasteiger partial charge >= 0.3 is 0 Å². The number of nitrogens with zero attached hydrogens (tertiary/aromatic N) is 1. The Morgan fingerprint density at radius 2 is 2.22 bits per heavy atom. The maximum Gasteiger partial charge on any atom is 0.151 e. The molecule has 100 valence electrons. The second-order valence-corrected chi connectivity index (χ2v) is 7.41. The van der Waals surface area contributed by atoms with E-state index >= 15 is 0 Å². The van der Waals surface area contributed by atoms with Gasteiger partial charge in [-0.3, -0.25) is 4.90 Å². The van der Waals surface area contributed by atoms with Crippen molar-refractivity contribution in [3.05, 3.63) is 28.8 Å². The molecule has 1 aliphatic rings. The number of halogens is 1. The molecule has 1 fully saturated rings. The van der Waals surface area contributed by atoms with Crippen molar-refractivity contribution in [3.8, 4) is 5.75 Å². The van der Waals surface area contributed by atoms with Crippen LogP contribution < -0.4 is 0 Å². The van der Waals surface area contributed by atoms with Crippen LogP contribution in [0.1, 0.15) is 12.0 Å². The van der Waals surface area contributed by atoms with Gasteiger partial charge < -0.3 is 5.11 Å².